The third-order valence-electron chi connectivity index (χ3n) is 4.32. The van der Waals surface area contributed by atoms with E-state index in [9.17, 15) is 9.59 Å². The first-order valence-corrected chi connectivity index (χ1v) is 8.04. The highest BCUT2D eigenvalue weighted by atomic mass is 16.5. The van der Waals surface area contributed by atoms with Crippen LogP contribution in [-0.2, 0) is 4.79 Å². The van der Waals surface area contributed by atoms with E-state index in [-0.39, 0.29) is 18.4 Å². The van der Waals surface area contributed by atoms with Crippen LogP contribution in [0.4, 0.5) is 0 Å². The van der Waals surface area contributed by atoms with Crippen molar-refractivity contribution in [2.45, 2.75) is 18.9 Å². The molecule has 2 heterocycles. The summed E-state index contributed by atoms with van der Waals surface area (Å²) < 4.78 is 5.32. The number of likely N-dealkylation sites (tertiary alicyclic amines) is 1. The summed E-state index contributed by atoms with van der Waals surface area (Å²) in [5.41, 5.74) is 1.04. The van der Waals surface area contributed by atoms with Gasteiger partial charge in [0, 0.05) is 12.7 Å². The van der Waals surface area contributed by atoms with Crippen molar-refractivity contribution in [3.63, 3.8) is 0 Å². The molecule has 128 valence electrons. The van der Waals surface area contributed by atoms with E-state index in [1.54, 1.807) is 30.5 Å². The van der Waals surface area contributed by atoms with Crippen LogP contribution in [0.15, 0.2) is 30.5 Å². The quantitative estimate of drug-likeness (QED) is 0.911. The van der Waals surface area contributed by atoms with Gasteiger partial charge in [-0.25, -0.2) is 0 Å². The van der Waals surface area contributed by atoms with Gasteiger partial charge in [0.25, 0.3) is 5.91 Å². The Morgan fingerprint density at radius 2 is 2.28 bits per heavy atom. The number of fused-ring (bicyclic) bond motifs is 1. The monoisotopic (exact) mass is 338 g/mol. The number of nitrogens with zero attached hydrogens (tertiary/aromatic N) is 3. The Morgan fingerprint density at radius 3 is 3.04 bits per heavy atom. The van der Waals surface area contributed by atoms with E-state index in [1.165, 1.54) is 12.0 Å². The van der Waals surface area contributed by atoms with Gasteiger partial charge in [-0.05, 0) is 31.0 Å². The van der Waals surface area contributed by atoms with Gasteiger partial charge >= 0.3 is 0 Å². The topological polar surface area (TPSA) is 95.3 Å². The van der Waals surface area contributed by atoms with Gasteiger partial charge in [-0.15, -0.1) is 0 Å². The van der Waals surface area contributed by atoms with Crippen LogP contribution in [0, 0.1) is 11.3 Å². The molecule has 7 heteroatoms. The lowest BCUT2D eigenvalue weighted by molar-refractivity contribution is -0.130. The zero-order valence-electron chi connectivity index (χ0n) is 13.9. The summed E-state index contributed by atoms with van der Waals surface area (Å²) in [5, 5.41) is 12.3. The smallest absolute Gasteiger partial charge is 0.252 e. The van der Waals surface area contributed by atoms with E-state index < -0.39 is 6.04 Å². The van der Waals surface area contributed by atoms with Crippen molar-refractivity contribution >= 4 is 22.7 Å². The first kappa shape index (κ1) is 16.7. The molecule has 25 heavy (non-hydrogen) atoms. The van der Waals surface area contributed by atoms with Crippen LogP contribution in [0.2, 0.25) is 0 Å². The van der Waals surface area contributed by atoms with Gasteiger partial charge in [0.05, 0.1) is 36.2 Å². The van der Waals surface area contributed by atoms with Gasteiger partial charge in [-0.2, -0.15) is 5.26 Å². The molecule has 0 unspecified atom stereocenters. The SMILES string of the molecule is COc1cccc2nccc(C(=O)NCC(=O)N3CCC[C@H]3C#N)c12. The summed E-state index contributed by atoms with van der Waals surface area (Å²) in [7, 11) is 1.53. The first-order chi connectivity index (χ1) is 12.2. The predicted molar refractivity (Wildman–Crippen MR) is 91.0 cm³/mol. The largest absolute Gasteiger partial charge is 0.496 e. The number of amides is 2. The van der Waals surface area contributed by atoms with Gasteiger partial charge in [-0.1, -0.05) is 6.07 Å². The molecule has 3 rings (SSSR count). The van der Waals surface area contributed by atoms with Gasteiger partial charge in [0.15, 0.2) is 0 Å². The summed E-state index contributed by atoms with van der Waals surface area (Å²) >= 11 is 0. The molecule has 1 fully saturated rings. The van der Waals surface area contributed by atoms with Crippen LogP contribution in [0.3, 0.4) is 0 Å². The molecule has 1 atom stereocenters. The molecular weight excluding hydrogens is 320 g/mol. The minimum Gasteiger partial charge on any atom is -0.496 e. The zero-order chi connectivity index (χ0) is 17.8. The average Bonchev–Trinajstić information content (AvgIpc) is 3.13. The Hall–Kier alpha value is -3.14. The average molecular weight is 338 g/mol. The molecule has 1 saturated heterocycles. The lowest BCUT2D eigenvalue weighted by Crippen LogP contribution is -2.42. The van der Waals surface area contributed by atoms with Gasteiger partial charge < -0.3 is 15.0 Å². The zero-order valence-corrected chi connectivity index (χ0v) is 13.9. The van der Waals surface area contributed by atoms with Crippen LogP contribution in [0.25, 0.3) is 10.9 Å². The lowest BCUT2D eigenvalue weighted by Gasteiger charge is -2.19. The second kappa shape index (κ2) is 7.18. The molecule has 2 amide bonds. The predicted octanol–water partition coefficient (Wildman–Crippen LogP) is 1.49. The maximum absolute atomic E-state index is 12.6. The second-order valence-corrected chi connectivity index (χ2v) is 5.77. The summed E-state index contributed by atoms with van der Waals surface area (Å²) in [6.07, 6.45) is 3.04. The molecule has 0 saturated carbocycles. The van der Waals surface area contributed by atoms with Crippen LogP contribution >= 0.6 is 0 Å². The molecule has 0 spiro atoms. The minimum atomic E-state index is -0.397. The number of hydrogen-bond acceptors (Lipinski definition) is 5. The van der Waals surface area contributed by atoms with Crippen LogP contribution < -0.4 is 10.1 Å². The van der Waals surface area contributed by atoms with E-state index in [0.29, 0.717) is 35.2 Å². The lowest BCUT2D eigenvalue weighted by atomic mass is 10.1. The van der Waals surface area contributed by atoms with Gasteiger partial charge in [0.1, 0.15) is 11.8 Å². The van der Waals surface area contributed by atoms with Crippen molar-refractivity contribution < 1.29 is 14.3 Å². The molecule has 1 aliphatic heterocycles. The van der Waals surface area contributed by atoms with E-state index in [4.69, 9.17) is 10.00 Å². The number of methoxy groups -OCH3 is 1. The molecular formula is C18H18N4O3. The number of hydrogen-bond donors (Lipinski definition) is 1. The van der Waals surface area contributed by atoms with Gasteiger partial charge in [0.2, 0.25) is 5.91 Å². The van der Waals surface area contributed by atoms with Crippen molar-refractivity contribution in [2.75, 3.05) is 20.2 Å². The molecule has 1 aliphatic rings. The van der Waals surface area contributed by atoms with Crippen molar-refractivity contribution in [1.29, 1.82) is 5.26 Å². The molecule has 0 radical (unpaired) electrons. The maximum atomic E-state index is 12.6. The van der Waals surface area contributed by atoms with E-state index in [0.717, 1.165) is 6.42 Å². The fraction of sp³-hybridized carbons (Fsp3) is 0.333. The number of carbonyl (C=O) groups is 2. The second-order valence-electron chi connectivity index (χ2n) is 5.77. The molecule has 0 aliphatic carbocycles. The Bertz CT molecular complexity index is 854. The summed E-state index contributed by atoms with van der Waals surface area (Å²) in [4.78, 5) is 30.6. The van der Waals surface area contributed by atoms with E-state index in [2.05, 4.69) is 16.4 Å². The highest BCUT2D eigenvalue weighted by Gasteiger charge is 2.28. The number of ether oxygens (including phenoxy) is 1. The number of rotatable bonds is 4. The number of benzene rings is 1. The van der Waals surface area contributed by atoms with Crippen LogP contribution in [-0.4, -0.2) is 47.9 Å². The standard InChI is InChI=1S/C18H18N4O3/c1-25-15-6-2-5-14-17(15)13(7-8-20-14)18(24)21-11-16(23)22-9-3-4-12(22)10-19/h2,5-8,12H,3-4,9,11H2,1H3,(H,21,24)/t12-/m0/s1. The molecule has 0 bridgehead atoms. The van der Waals surface area contributed by atoms with Gasteiger partial charge in [-0.3, -0.25) is 14.6 Å². The number of nitriles is 1. The first-order valence-electron chi connectivity index (χ1n) is 8.04. The fourth-order valence-corrected chi connectivity index (χ4v) is 3.08. The highest BCUT2D eigenvalue weighted by Crippen LogP contribution is 2.27. The van der Waals surface area contributed by atoms with E-state index >= 15 is 0 Å². The number of carbonyl (C=O) groups excluding carboxylic acids is 2. The van der Waals surface area contributed by atoms with Crippen molar-refractivity contribution in [2.24, 2.45) is 0 Å². The normalized spacial score (nSPS) is 16.5. The van der Waals surface area contributed by atoms with Crippen molar-refractivity contribution in [3.8, 4) is 11.8 Å². The van der Waals surface area contributed by atoms with Crippen molar-refractivity contribution in [1.82, 2.24) is 15.2 Å². The number of pyridine rings is 1. The van der Waals surface area contributed by atoms with Crippen molar-refractivity contribution in [3.05, 3.63) is 36.0 Å². The fourth-order valence-electron chi connectivity index (χ4n) is 3.08. The summed E-state index contributed by atoms with van der Waals surface area (Å²) in [6.45, 7) is 0.412. The Balaban J connectivity index is 1.77. The Labute approximate surface area is 145 Å². The number of nitrogens with one attached hydrogen (secondary N) is 1. The summed E-state index contributed by atoms with van der Waals surface area (Å²) in [5.74, 6) is -0.0770. The molecule has 1 aromatic carbocycles. The third-order valence-corrected chi connectivity index (χ3v) is 4.32. The Morgan fingerprint density at radius 1 is 1.44 bits per heavy atom. The highest BCUT2D eigenvalue weighted by molar-refractivity contribution is 6.08. The summed E-state index contributed by atoms with van der Waals surface area (Å²) in [6, 6.07) is 8.67. The minimum absolute atomic E-state index is 0.143. The van der Waals surface area contributed by atoms with E-state index in [1.807, 2.05) is 0 Å². The maximum Gasteiger partial charge on any atom is 0.252 e. The Kier molecular flexibility index (Phi) is 4.80. The molecule has 2 aromatic rings. The molecule has 7 nitrogen and oxygen atoms in total. The van der Waals surface area contributed by atoms with Crippen LogP contribution in [0.5, 0.6) is 5.75 Å². The molecule has 1 N–H and O–H groups in total. The third kappa shape index (κ3) is 3.24. The molecule has 1 aromatic heterocycles. The van der Waals surface area contributed by atoms with Crippen LogP contribution in [0.1, 0.15) is 23.2 Å². The number of aromatic nitrogens is 1.